The summed E-state index contributed by atoms with van der Waals surface area (Å²) in [6.07, 6.45) is 12.9. The fourth-order valence-electron chi connectivity index (χ4n) is 5.26. The number of hydrogen-bond acceptors (Lipinski definition) is 8. The zero-order valence-electron chi connectivity index (χ0n) is 24.6. The van der Waals surface area contributed by atoms with Gasteiger partial charge in [-0.1, -0.05) is 93.6 Å². The second kappa shape index (κ2) is 18.0. The van der Waals surface area contributed by atoms with Crippen molar-refractivity contribution in [2.45, 2.75) is 78.7 Å². The van der Waals surface area contributed by atoms with Gasteiger partial charge in [0.2, 0.25) is 0 Å². The van der Waals surface area contributed by atoms with E-state index in [2.05, 4.69) is 21.9 Å². The molecule has 0 spiro atoms. The molecule has 1 rings (SSSR count). The molecule has 0 aliphatic heterocycles. The highest BCUT2D eigenvalue weighted by Gasteiger charge is 2.35. The molecule has 0 fully saturated rings. The number of aliphatic hydroxyl groups is 1. The standard InChI is InChI=1S/C31H46N4O5/c1-8-9-10-22(4)30(40-31(32)37)25(7)29(35-39)24(6)18-20(2)17-23(5)28(34-38)21(3)11-12-27(36)19-26-13-15-33-16-14-26/h8-17,21-25,27-30,36H,1,18-19H2,2-7H3,(H2,32,37)/b10-9-,12-11-,20-17-/t21-,22-,23-,24-,25-,27?,28-,29+,30-/m0/s1. The normalized spacial score (nSPS) is 19.1. The Morgan fingerprint density at radius 3 is 2.20 bits per heavy atom. The molecule has 0 aliphatic carbocycles. The third-order valence-corrected chi connectivity index (χ3v) is 7.30. The number of aliphatic hydroxyl groups excluding tert-OH is 1. The van der Waals surface area contributed by atoms with Crippen LogP contribution in [0, 0.1) is 39.4 Å². The van der Waals surface area contributed by atoms with E-state index in [9.17, 15) is 19.7 Å². The Balaban J connectivity index is 2.90. The number of nitrogens with zero attached hydrogens (tertiary/aromatic N) is 3. The fraction of sp³-hybridized carbons (Fsp3) is 0.548. The largest absolute Gasteiger partial charge is 0.445 e. The molecular weight excluding hydrogens is 508 g/mol. The lowest BCUT2D eigenvalue weighted by Crippen LogP contribution is -2.40. The number of pyridine rings is 1. The Morgan fingerprint density at radius 1 is 1.02 bits per heavy atom. The van der Waals surface area contributed by atoms with Gasteiger partial charge in [0, 0.05) is 42.5 Å². The molecule has 1 unspecified atom stereocenters. The molecule has 1 heterocycles. The third kappa shape index (κ3) is 11.7. The Morgan fingerprint density at radius 2 is 1.65 bits per heavy atom. The van der Waals surface area contributed by atoms with Crippen molar-refractivity contribution in [2.24, 2.45) is 45.7 Å². The Bertz CT molecular complexity index is 1030. The minimum atomic E-state index is -0.904. The molecule has 9 nitrogen and oxygen atoms in total. The molecule has 0 bridgehead atoms. The summed E-state index contributed by atoms with van der Waals surface area (Å²) in [5.41, 5.74) is 7.28. The van der Waals surface area contributed by atoms with Crippen LogP contribution in [-0.2, 0) is 11.2 Å². The highest BCUT2D eigenvalue weighted by molar-refractivity contribution is 5.64. The van der Waals surface area contributed by atoms with Crippen LogP contribution in [0.2, 0.25) is 0 Å². The average Bonchev–Trinajstić information content (AvgIpc) is 2.90. The number of carbonyl (C=O) groups excluding carboxylic acids is 1. The van der Waals surface area contributed by atoms with Crippen LogP contribution in [0.5, 0.6) is 0 Å². The Labute approximate surface area is 238 Å². The van der Waals surface area contributed by atoms with Crippen LogP contribution in [0.4, 0.5) is 4.79 Å². The van der Waals surface area contributed by atoms with Crippen LogP contribution in [0.1, 0.15) is 53.5 Å². The van der Waals surface area contributed by atoms with Crippen LogP contribution in [0.3, 0.4) is 0 Å². The SMILES string of the molecule is C=C/C=C\[C@H](C)[C@H](OC(N)=O)[C@@H](C)[C@H](N=O)[C@@H](C)C/C(C)=C\[C@H](C)[C@@H](N=O)[C@@H](C)/C=C\C(O)Cc1ccncc1. The van der Waals surface area contributed by atoms with Gasteiger partial charge in [0.25, 0.3) is 0 Å². The quantitative estimate of drug-likeness (QED) is 0.120. The van der Waals surface area contributed by atoms with E-state index < -0.39 is 30.4 Å². The minimum absolute atomic E-state index is 0.159. The van der Waals surface area contributed by atoms with Crippen LogP contribution < -0.4 is 5.73 Å². The molecule has 220 valence electrons. The molecule has 0 aliphatic rings. The first-order chi connectivity index (χ1) is 18.9. The van der Waals surface area contributed by atoms with Crippen molar-refractivity contribution in [3.8, 4) is 0 Å². The van der Waals surface area contributed by atoms with Gasteiger partial charge < -0.3 is 15.6 Å². The summed E-state index contributed by atoms with van der Waals surface area (Å²) in [7, 11) is 0. The molecule has 3 N–H and O–H groups in total. The highest BCUT2D eigenvalue weighted by Crippen LogP contribution is 2.31. The monoisotopic (exact) mass is 554 g/mol. The summed E-state index contributed by atoms with van der Waals surface area (Å²) in [6, 6.07) is 2.54. The summed E-state index contributed by atoms with van der Waals surface area (Å²) in [5, 5.41) is 17.1. The molecule has 0 radical (unpaired) electrons. The second-order valence-corrected chi connectivity index (χ2v) is 10.9. The number of nitroso groups, excluding NO2 is 2. The van der Waals surface area contributed by atoms with Crippen molar-refractivity contribution in [3.63, 3.8) is 0 Å². The van der Waals surface area contributed by atoms with Gasteiger partial charge in [0.05, 0.1) is 6.10 Å². The third-order valence-electron chi connectivity index (χ3n) is 7.30. The van der Waals surface area contributed by atoms with E-state index in [0.717, 1.165) is 11.1 Å². The maximum absolute atomic E-state index is 11.9. The maximum Gasteiger partial charge on any atom is 0.404 e. The molecule has 1 aromatic rings. The van der Waals surface area contributed by atoms with E-state index in [0.29, 0.717) is 12.8 Å². The number of primary amides is 1. The van der Waals surface area contributed by atoms with Gasteiger partial charge >= 0.3 is 6.09 Å². The zero-order chi connectivity index (χ0) is 30.2. The lowest BCUT2D eigenvalue weighted by atomic mass is 9.80. The predicted octanol–water partition coefficient (Wildman–Crippen LogP) is 6.53. The molecule has 9 atom stereocenters. The first-order valence-electron chi connectivity index (χ1n) is 13.8. The van der Waals surface area contributed by atoms with Crippen molar-refractivity contribution in [3.05, 3.63) is 88.5 Å². The van der Waals surface area contributed by atoms with Crippen molar-refractivity contribution in [1.82, 2.24) is 4.98 Å². The van der Waals surface area contributed by atoms with Gasteiger partial charge in [0.15, 0.2) is 0 Å². The van der Waals surface area contributed by atoms with Gasteiger partial charge in [-0.05, 0) is 37.0 Å². The van der Waals surface area contributed by atoms with Gasteiger partial charge in [0.1, 0.15) is 18.2 Å². The van der Waals surface area contributed by atoms with Gasteiger partial charge in [-0.15, -0.1) is 0 Å². The van der Waals surface area contributed by atoms with Crippen molar-refractivity contribution in [1.29, 1.82) is 0 Å². The Kier molecular flexibility index (Phi) is 15.6. The van der Waals surface area contributed by atoms with Crippen molar-refractivity contribution >= 4 is 6.09 Å². The number of aromatic nitrogens is 1. The first kappa shape index (κ1) is 34.6. The van der Waals surface area contributed by atoms with Crippen molar-refractivity contribution in [2.75, 3.05) is 0 Å². The first-order valence-corrected chi connectivity index (χ1v) is 13.8. The molecule has 0 saturated heterocycles. The van der Waals surface area contributed by atoms with E-state index in [-0.39, 0.29) is 29.6 Å². The number of nitrogens with two attached hydrogens (primary N) is 1. The van der Waals surface area contributed by atoms with Gasteiger partial charge in [-0.3, -0.25) is 4.98 Å². The summed E-state index contributed by atoms with van der Waals surface area (Å²) in [4.78, 5) is 39.3. The summed E-state index contributed by atoms with van der Waals surface area (Å²) >= 11 is 0. The summed E-state index contributed by atoms with van der Waals surface area (Å²) in [5.74, 6) is -1.11. The van der Waals surface area contributed by atoms with Crippen LogP contribution in [0.25, 0.3) is 0 Å². The van der Waals surface area contributed by atoms with Gasteiger partial charge in [-0.25, -0.2) is 4.79 Å². The van der Waals surface area contributed by atoms with Gasteiger partial charge in [-0.2, -0.15) is 9.81 Å². The summed E-state index contributed by atoms with van der Waals surface area (Å²) in [6.45, 7) is 15.1. The number of allylic oxidation sites excluding steroid dienone is 3. The molecule has 40 heavy (non-hydrogen) atoms. The van der Waals surface area contributed by atoms with E-state index in [1.807, 2.05) is 71.9 Å². The molecule has 1 aromatic heterocycles. The Hall–Kier alpha value is -3.46. The number of rotatable bonds is 18. The van der Waals surface area contributed by atoms with Crippen LogP contribution >= 0.6 is 0 Å². The lowest BCUT2D eigenvalue weighted by molar-refractivity contribution is 0.0361. The van der Waals surface area contributed by atoms with Crippen LogP contribution in [-0.4, -0.2) is 40.5 Å². The van der Waals surface area contributed by atoms with E-state index in [1.54, 1.807) is 30.6 Å². The molecule has 1 amide bonds. The second-order valence-electron chi connectivity index (χ2n) is 10.9. The number of ether oxygens (including phenoxy) is 1. The molecule has 9 heteroatoms. The minimum Gasteiger partial charge on any atom is -0.445 e. The van der Waals surface area contributed by atoms with E-state index >= 15 is 0 Å². The average molecular weight is 555 g/mol. The van der Waals surface area contributed by atoms with E-state index in [4.69, 9.17) is 10.5 Å². The number of carbonyl (C=O) groups is 1. The number of amides is 1. The predicted molar refractivity (Wildman–Crippen MR) is 160 cm³/mol. The maximum atomic E-state index is 11.9. The fourth-order valence-corrected chi connectivity index (χ4v) is 5.26. The zero-order valence-corrected chi connectivity index (χ0v) is 24.6. The molecule has 0 aromatic carbocycles. The number of hydrogen-bond donors (Lipinski definition) is 2. The topological polar surface area (TPSA) is 144 Å². The summed E-state index contributed by atoms with van der Waals surface area (Å²) < 4.78 is 5.38. The smallest absolute Gasteiger partial charge is 0.404 e. The van der Waals surface area contributed by atoms with Crippen molar-refractivity contribution < 1.29 is 14.6 Å². The van der Waals surface area contributed by atoms with E-state index in [1.165, 1.54) is 0 Å². The highest BCUT2D eigenvalue weighted by atomic mass is 16.6. The molecular formula is C31H46N4O5. The van der Waals surface area contributed by atoms with Crippen LogP contribution in [0.15, 0.2) is 83.5 Å². The molecule has 0 saturated carbocycles. The lowest BCUT2D eigenvalue weighted by Gasteiger charge is -2.32.